The van der Waals surface area contributed by atoms with Crippen molar-refractivity contribution in [3.63, 3.8) is 0 Å². The molecule has 0 spiro atoms. The van der Waals surface area contributed by atoms with Crippen LogP contribution in [0.2, 0.25) is 0 Å². The number of aromatic nitrogens is 3. The Labute approximate surface area is 124 Å². The number of nitrogens with two attached hydrogens (primary N) is 1. The smallest absolute Gasteiger partial charge is 0.275 e. The van der Waals surface area contributed by atoms with Gasteiger partial charge < -0.3 is 11.1 Å². The van der Waals surface area contributed by atoms with Crippen molar-refractivity contribution in [2.24, 2.45) is 5.73 Å². The first kappa shape index (κ1) is 14.1. The summed E-state index contributed by atoms with van der Waals surface area (Å²) in [5.74, 6) is -0.352. The van der Waals surface area contributed by atoms with Gasteiger partial charge in [-0.05, 0) is 6.92 Å². The van der Waals surface area contributed by atoms with Crippen molar-refractivity contribution in [2.75, 3.05) is 19.6 Å². The van der Waals surface area contributed by atoms with E-state index in [1.54, 1.807) is 6.92 Å². The molecule has 112 valence electrons. The Morgan fingerprint density at radius 3 is 3.19 bits per heavy atom. The largest absolute Gasteiger partial charge is 0.368 e. The highest BCUT2D eigenvalue weighted by Crippen LogP contribution is 2.16. The standard InChI is InChI=1S/C12H16N6O2S/c1-7-4-10(19)18-12(15-7)21-9(16-18)6-17-3-2-14-5-8(17)11(13)20/h4,8,14H,2-3,5-6H2,1H3,(H2,13,20). The molecule has 8 nitrogen and oxygen atoms in total. The molecule has 1 amide bonds. The number of amides is 1. The van der Waals surface area contributed by atoms with E-state index in [-0.39, 0.29) is 17.5 Å². The molecule has 9 heteroatoms. The van der Waals surface area contributed by atoms with E-state index < -0.39 is 0 Å². The molecule has 0 radical (unpaired) electrons. The first-order chi connectivity index (χ1) is 10.0. The van der Waals surface area contributed by atoms with Crippen molar-refractivity contribution in [1.29, 1.82) is 0 Å². The second kappa shape index (κ2) is 5.51. The fraction of sp³-hybridized carbons (Fsp3) is 0.500. The van der Waals surface area contributed by atoms with Gasteiger partial charge in [0.1, 0.15) is 11.0 Å². The molecule has 1 fully saturated rings. The Morgan fingerprint density at radius 1 is 1.62 bits per heavy atom. The van der Waals surface area contributed by atoms with Crippen molar-refractivity contribution < 1.29 is 4.79 Å². The summed E-state index contributed by atoms with van der Waals surface area (Å²) >= 11 is 1.36. The summed E-state index contributed by atoms with van der Waals surface area (Å²) in [5, 5.41) is 8.18. The first-order valence-corrected chi connectivity index (χ1v) is 7.47. The number of rotatable bonds is 3. The van der Waals surface area contributed by atoms with Crippen molar-refractivity contribution >= 4 is 22.2 Å². The second-order valence-electron chi connectivity index (χ2n) is 5.02. The number of hydrogen-bond donors (Lipinski definition) is 2. The Kier molecular flexibility index (Phi) is 3.70. The van der Waals surface area contributed by atoms with Crippen molar-refractivity contribution in [2.45, 2.75) is 19.5 Å². The number of aryl methyl sites for hydroxylation is 1. The molecular weight excluding hydrogens is 292 g/mol. The number of nitrogens with one attached hydrogen (secondary N) is 1. The molecule has 1 aliphatic heterocycles. The molecule has 0 aromatic carbocycles. The van der Waals surface area contributed by atoms with Crippen LogP contribution < -0.4 is 16.6 Å². The van der Waals surface area contributed by atoms with Crippen molar-refractivity contribution in [3.05, 3.63) is 27.1 Å². The van der Waals surface area contributed by atoms with Crippen LogP contribution >= 0.6 is 11.3 Å². The van der Waals surface area contributed by atoms with Crippen LogP contribution in [0.5, 0.6) is 0 Å². The molecule has 1 aliphatic rings. The lowest BCUT2D eigenvalue weighted by molar-refractivity contribution is -0.124. The molecule has 1 atom stereocenters. The maximum Gasteiger partial charge on any atom is 0.275 e. The quantitative estimate of drug-likeness (QED) is 0.731. The summed E-state index contributed by atoms with van der Waals surface area (Å²) in [6.07, 6.45) is 0. The Balaban J connectivity index is 1.89. The predicted molar refractivity (Wildman–Crippen MR) is 78.1 cm³/mol. The van der Waals surface area contributed by atoms with Crippen LogP contribution in [0.4, 0.5) is 0 Å². The molecule has 1 saturated heterocycles. The average Bonchev–Trinajstić information content (AvgIpc) is 2.81. The number of nitrogens with zero attached hydrogens (tertiary/aromatic N) is 4. The first-order valence-electron chi connectivity index (χ1n) is 6.65. The van der Waals surface area contributed by atoms with Gasteiger partial charge in [0.05, 0.1) is 6.54 Å². The molecule has 0 aliphatic carbocycles. The van der Waals surface area contributed by atoms with E-state index in [2.05, 4.69) is 15.4 Å². The van der Waals surface area contributed by atoms with Crippen LogP contribution in [0.1, 0.15) is 10.7 Å². The molecule has 0 bridgehead atoms. The Hall–Kier alpha value is -1.84. The number of carbonyl (C=O) groups excluding carboxylic acids is 1. The number of primary amides is 1. The molecule has 0 saturated carbocycles. The van der Waals surface area contributed by atoms with Crippen molar-refractivity contribution in [3.8, 4) is 0 Å². The maximum atomic E-state index is 11.8. The lowest BCUT2D eigenvalue weighted by Crippen LogP contribution is -2.56. The third-order valence-corrected chi connectivity index (χ3v) is 4.33. The summed E-state index contributed by atoms with van der Waals surface area (Å²) in [6.45, 7) is 4.32. The lowest BCUT2D eigenvalue weighted by Gasteiger charge is -2.33. The SMILES string of the molecule is Cc1cc(=O)n2nc(CN3CCNCC3C(N)=O)sc2n1. The molecule has 3 heterocycles. The van der Waals surface area contributed by atoms with Gasteiger partial charge in [-0.25, -0.2) is 4.98 Å². The Morgan fingerprint density at radius 2 is 2.43 bits per heavy atom. The second-order valence-corrected chi connectivity index (χ2v) is 6.06. The van der Waals surface area contributed by atoms with E-state index in [1.807, 2.05) is 4.90 Å². The highest BCUT2D eigenvalue weighted by Gasteiger charge is 2.27. The number of carbonyl (C=O) groups is 1. The van der Waals surface area contributed by atoms with Crippen LogP contribution in [0.25, 0.3) is 4.96 Å². The molecule has 2 aromatic heterocycles. The van der Waals surface area contributed by atoms with E-state index in [0.29, 0.717) is 30.3 Å². The normalized spacial score (nSPS) is 20.0. The third-order valence-electron chi connectivity index (χ3n) is 3.44. The summed E-state index contributed by atoms with van der Waals surface area (Å²) in [6, 6.07) is 1.10. The summed E-state index contributed by atoms with van der Waals surface area (Å²) in [5.41, 5.74) is 5.91. The summed E-state index contributed by atoms with van der Waals surface area (Å²) in [7, 11) is 0. The Bertz CT molecular complexity index is 739. The topological polar surface area (TPSA) is 106 Å². The molecule has 21 heavy (non-hydrogen) atoms. The zero-order valence-corrected chi connectivity index (χ0v) is 12.4. The van der Waals surface area contributed by atoms with Gasteiger partial charge in [-0.2, -0.15) is 9.61 Å². The number of hydrogen-bond acceptors (Lipinski definition) is 7. The highest BCUT2D eigenvalue weighted by atomic mass is 32.1. The van der Waals surface area contributed by atoms with Crippen molar-refractivity contribution in [1.82, 2.24) is 24.8 Å². The highest BCUT2D eigenvalue weighted by molar-refractivity contribution is 7.16. The molecule has 3 rings (SSSR count). The van der Waals surface area contributed by atoms with Gasteiger partial charge in [-0.15, -0.1) is 0 Å². The summed E-state index contributed by atoms with van der Waals surface area (Å²) in [4.78, 5) is 30.2. The lowest BCUT2D eigenvalue weighted by atomic mass is 10.2. The van der Waals surface area contributed by atoms with Gasteiger partial charge >= 0.3 is 0 Å². The average molecular weight is 308 g/mol. The van der Waals surface area contributed by atoms with E-state index in [4.69, 9.17) is 5.73 Å². The minimum Gasteiger partial charge on any atom is -0.368 e. The van der Waals surface area contributed by atoms with E-state index in [0.717, 1.165) is 11.6 Å². The van der Waals surface area contributed by atoms with Crippen LogP contribution in [0.3, 0.4) is 0 Å². The van der Waals surface area contributed by atoms with Gasteiger partial charge in [0, 0.05) is 31.4 Å². The van der Waals surface area contributed by atoms with Gasteiger partial charge in [0.25, 0.3) is 5.56 Å². The number of piperazine rings is 1. The van der Waals surface area contributed by atoms with E-state index >= 15 is 0 Å². The fourth-order valence-electron chi connectivity index (χ4n) is 2.41. The minimum absolute atomic E-state index is 0.188. The molecule has 3 N–H and O–H groups in total. The predicted octanol–water partition coefficient (Wildman–Crippen LogP) is -1.28. The van der Waals surface area contributed by atoms with E-state index in [9.17, 15) is 9.59 Å². The minimum atomic E-state index is -0.352. The van der Waals surface area contributed by atoms with Crippen LogP contribution in [-0.4, -0.2) is 51.1 Å². The summed E-state index contributed by atoms with van der Waals surface area (Å²) < 4.78 is 1.30. The maximum absolute atomic E-state index is 11.8. The third kappa shape index (κ3) is 2.80. The fourth-order valence-corrected chi connectivity index (χ4v) is 3.38. The van der Waals surface area contributed by atoms with Gasteiger partial charge in [-0.3, -0.25) is 14.5 Å². The van der Waals surface area contributed by atoms with Gasteiger partial charge in [0.2, 0.25) is 10.9 Å². The van der Waals surface area contributed by atoms with Crippen LogP contribution in [0.15, 0.2) is 10.9 Å². The van der Waals surface area contributed by atoms with E-state index in [1.165, 1.54) is 21.9 Å². The number of fused-ring (bicyclic) bond motifs is 1. The monoisotopic (exact) mass is 308 g/mol. The zero-order valence-electron chi connectivity index (χ0n) is 11.6. The van der Waals surface area contributed by atoms with Crippen LogP contribution in [0, 0.1) is 6.92 Å². The van der Waals surface area contributed by atoms with Gasteiger partial charge in [-0.1, -0.05) is 11.3 Å². The van der Waals surface area contributed by atoms with Gasteiger partial charge in [0.15, 0.2) is 0 Å². The zero-order chi connectivity index (χ0) is 15.0. The molecule has 2 aromatic rings. The molecular formula is C12H16N6O2S. The van der Waals surface area contributed by atoms with Crippen LogP contribution in [-0.2, 0) is 11.3 Å². The molecule has 1 unspecified atom stereocenters.